The number of carbonyl (C=O) groups is 2. The Labute approximate surface area is 124 Å². The Hall–Kier alpha value is -2.08. The van der Waals surface area contributed by atoms with Crippen molar-refractivity contribution in [2.45, 2.75) is 18.9 Å². The number of amides is 3. The first kappa shape index (κ1) is 15.3. The summed E-state index contributed by atoms with van der Waals surface area (Å²) in [5.74, 6) is -0.208. The molecule has 1 aliphatic rings. The van der Waals surface area contributed by atoms with Crippen LogP contribution in [0.5, 0.6) is 0 Å². The molecular formula is C15H21N3O3. The highest BCUT2D eigenvalue weighted by molar-refractivity contribution is 6.03. The van der Waals surface area contributed by atoms with E-state index < -0.39 is 0 Å². The molecule has 6 nitrogen and oxygen atoms in total. The Bertz CT molecular complexity index is 511. The maximum Gasteiger partial charge on any atom is 0.321 e. The summed E-state index contributed by atoms with van der Waals surface area (Å²) in [5, 5.41) is 5.57. The molecule has 3 amide bonds. The van der Waals surface area contributed by atoms with Gasteiger partial charge in [-0.1, -0.05) is 12.1 Å². The molecule has 1 aromatic rings. The Morgan fingerprint density at radius 1 is 1.33 bits per heavy atom. The first-order valence-corrected chi connectivity index (χ1v) is 7.05. The molecule has 2 rings (SSSR count). The van der Waals surface area contributed by atoms with Gasteiger partial charge in [0.2, 0.25) is 0 Å². The fourth-order valence-corrected chi connectivity index (χ4v) is 2.12. The van der Waals surface area contributed by atoms with Crippen LogP contribution in [0, 0.1) is 0 Å². The lowest BCUT2D eigenvalue weighted by atomic mass is 10.1. The van der Waals surface area contributed by atoms with Crippen molar-refractivity contribution in [1.82, 2.24) is 10.2 Å². The summed E-state index contributed by atoms with van der Waals surface area (Å²) < 4.78 is 5.47. The van der Waals surface area contributed by atoms with E-state index >= 15 is 0 Å². The molecular weight excluding hydrogens is 270 g/mol. The molecule has 1 aromatic carbocycles. The van der Waals surface area contributed by atoms with Crippen molar-refractivity contribution in [3.05, 3.63) is 29.8 Å². The SMILES string of the molecule is CN(C)C(=O)Nc1ccccc1C(=O)NCC1CCCO1. The van der Waals surface area contributed by atoms with Crippen LogP contribution in [0.1, 0.15) is 23.2 Å². The zero-order valence-electron chi connectivity index (χ0n) is 12.4. The second-order valence-corrected chi connectivity index (χ2v) is 5.22. The Kier molecular flexibility index (Phi) is 5.16. The molecule has 1 aliphatic heterocycles. The number of anilines is 1. The highest BCUT2D eigenvalue weighted by Crippen LogP contribution is 2.16. The molecule has 0 spiro atoms. The van der Waals surface area contributed by atoms with Gasteiger partial charge in [0.15, 0.2) is 0 Å². The molecule has 0 bridgehead atoms. The summed E-state index contributed by atoms with van der Waals surface area (Å²) in [7, 11) is 3.30. The molecule has 1 fully saturated rings. The average molecular weight is 291 g/mol. The number of ether oxygens (including phenoxy) is 1. The summed E-state index contributed by atoms with van der Waals surface area (Å²) in [6.07, 6.45) is 2.10. The maximum absolute atomic E-state index is 12.2. The lowest BCUT2D eigenvalue weighted by molar-refractivity contribution is 0.0858. The van der Waals surface area contributed by atoms with Crippen molar-refractivity contribution in [2.24, 2.45) is 0 Å². The molecule has 1 unspecified atom stereocenters. The third-order valence-electron chi connectivity index (χ3n) is 3.33. The number of hydrogen-bond acceptors (Lipinski definition) is 3. The van der Waals surface area contributed by atoms with Gasteiger partial charge >= 0.3 is 6.03 Å². The molecule has 0 aromatic heterocycles. The number of rotatable bonds is 4. The quantitative estimate of drug-likeness (QED) is 0.887. The minimum absolute atomic E-state index is 0.0949. The first-order valence-electron chi connectivity index (χ1n) is 7.05. The van der Waals surface area contributed by atoms with Crippen molar-refractivity contribution in [1.29, 1.82) is 0 Å². The van der Waals surface area contributed by atoms with Crippen LogP contribution in [0.3, 0.4) is 0 Å². The number of urea groups is 1. The van der Waals surface area contributed by atoms with Crippen LogP contribution in [0.2, 0.25) is 0 Å². The van der Waals surface area contributed by atoms with Crippen molar-refractivity contribution in [2.75, 3.05) is 32.6 Å². The van der Waals surface area contributed by atoms with Crippen LogP contribution >= 0.6 is 0 Å². The zero-order valence-corrected chi connectivity index (χ0v) is 12.4. The van der Waals surface area contributed by atoms with Gasteiger partial charge in [0.05, 0.1) is 17.4 Å². The second-order valence-electron chi connectivity index (χ2n) is 5.22. The summed E-state index contributed by atoms with van der Waals surface area (Å²) in [4.78, 5) is 25.4. The number of nitrogens with one attached hydrogen (secondary N) is 2. The van der Waals surface area contributed by atoms with Gasteiger partial charge in [-0.3, -0.25) is 4.79 Å². The minimum Gasteiger partial charge on any atom is -0.376 e. The highest BCUT2D eigenvalue weighted by atomic mass is 16.5. The lowest BCUT2D eigenvalue weighted by Crippen LogP contribution is -2.33. The standard InChI is InChI=1S/C15H21N3O3/c1-18(2)15(20)17-13-8-4-3-7-12(13)14(19)16-10-11-6-5-9-21-11/h3-4,7-8,11H,5-6,9-10H2,1-2H3,(H,16,19)(H,17,20). The topological polar surface area (TPSA) is 70.7 Å². The van der Waals surface area contributed by atoms with Gasteiger partial charge in [0.1, 0.15) is 0 Å². The molecule has 1 saturated heterocycles. The molecule has 2 N–H and O–H groups in total. The van der Waals surface area contributed by atoms with Gasteiger partial charge in [0.25, 0.3) is 5.91 Å². The van der Waals surface area contributed by atoms with Crippen molar-refractivity contribution in [3.8, 4) is 0 Å². The lowest BCUT2D eigenvalue weighted by Gasteiger charge is -2.16. The average Bonchev–Trinajstić information content (AvgIpc) is 2.98. The van der Waals surface area contributed by atoms with Gasteiger partial charge in [-0.25, -0.2) is 4.79 Å². The number of nitrogens with zero attached hydrogens (tertiary/aromatic N) is 1. The Morgan fingerprint density at radius 2 is 2.10 bits per heavy atom. The molecule has 0 radical (unpaired) electrons. The van der Waals surface area contributed by atoms with Gasteiger partial charge < -0.3 is 20.3 Å². The summed E-state index contributed by atoms with van der Waals surface area (Å²) in [5.41, 5.74) is 0.951. The van der Waals surface area contributed by atoms with E-state index in [1.54, 1.807) is 38.4 Å². The number of hydrogen-bond donors (Lipinski definition) is 2. The van der Waals surface area contributed by atoms with E-state index in [-0.39, 0.29) is 18.0 Å². The van der Waals surface area contributed by atoms with E-state index in [1.165, 1.54) is 4.90 Å². The largest absolute Gasteiger partial charge is 0.376 e. The fourth-order valence-electron chi connectivity index (χ4n) is 2.12. The number of benzene rings is 1. The Morgan fingerprint density at radius 3 is 2.76 bits per heavy atom. The molecule has 1 heterocycles. The molecule has 6 heteroatoms. The predicted octanol–water partition coefficient (Wildman–Crippen LogP) is 1.69. The molecule has 1 atom stereocenters. The minimum atomic E-state index is -0.269. The summed E-state index contributed by atoms with van der Waals surface area (Å²) in [6, 6.07) is 6.68. The molecule has 0 saturated carbocycles. The maximum atomic E-state index is 12.2. The van der Waals surface area contributed by atoms with Crippen LogP contribution < -0.4 is 10.6 Å². The number of carbonyl (C=O) groups excluding carboxylic acids is 2. The van der Waals surface area contributed by atoms with E-state index in [4.69, 9.17) is 4.74 Å². The number of para-hydroxylation sites is 1. The smallest absolute Gasteiger partial charge is 0.321 e. The van der Waals surface area contributed by atoms with Crippen LogP contribution in [-0.4, -0.2) is 50.2 Å². The molecule has 0 aliphatic carbocycles. The van der Waals surface area contributed by atoms with Gasteiger partial charge in [-0.15, -0.1) is 0 Å². The van der Waals surface area contributed by atoms with Crippen molar-refractivity contribution in [3.63, 3.8) is 0 Å². The predicted molar refractivity (Wildman–Crippen MR) is 80.5 cm³/mol. The van der Waals surface area contributed by atoms with Crippen molar-refractivity contribution >= 4 is 17.6 Å². The third kappa shape index (κ3) is 4.19. The summed E-state index contributed by atoms with van der Waals surface area (Å²) in [6.45, 7) is 1.25. The van der Waals surface area contributed by atoms with Crippen LogP contribution in [-0.2, 0) is 4.74 Å². The van der Waals surface area contributed by atoms with E-state index in [1.807, 2.05) is 0 Å². The third-order valence-corrected chi connectivity index (χ3v) is 3.33. The van der Waals surface area contributed by atoms with Gasteiger partial charge in [0, 0.05) is 27.2 Å². The summed E-state index contributed by atoms with van der Waals surface area (Å²) >= 11 is 0. The van der Waals surface area contributed by atoms with E-state index in [2.05, 4.69) is 10.6 Å². The molecule has 114 valence electrons. The highest BCUT2D eigenvalue weighted by Gasteiger charge is 2.18. The normalized spacial score (nSPS) is 17.3. The van der Waals surface area contributed by atoms with Gasteiger partial charge in [-0.2, -0.15) is 0 Å². The Balaban J connectivity index is 2.00. The second kappa shape index (κ2) is 7.08. The first-order chi connectivity index (χ1) is 10.1. The fraction of sp³-hybridized carbons (Fsp3) is 0.467. The van der Waals surface area contributed by atoms with E-state index in [0.717, 1.165) is 19.4 Å². The van der Waals surface area contributed by atoms with Crippen LogP contribution in [0.15, 0.2) is 24.3 Å². The zero-order chi connectivity index (χ0) is 15.2. The van der Waals surface area contributed by atoms with Gasteiger partial charge in [-0.05, 0) is 25.0 Å². The van der Waals surface area contributed by atoms with Crippen LogP contribution in [0.4, 0.5) is 10.5 Å². The van der Waals surface area contributed by atoms with Crippen molar-refractivity contribution < 1.29 is 14.3 Å². The van der Waals surface area contributed by atoms with E-state index in [0.29, 0.717) is 17.8 Å². The van der Waals surface area contributed by atoms with E-state index in [9.17, 15) is 9.59 Å². The monoisotopic (exact) mass is 291 g/mol. The van der Waals surface area contributed by atoms with Crippen LogP contribution in [0.25, 0.3) is 0 Å². The molecule has 21 heavy (non-hydrogen) atoms.